The van der Waals surface area contributed by atoms with E-state index in [1.54, 1.807) is 0 Å². The Bertz CT molecular complexity index is 885. The van der Waals surface area contributed by atoms with E-state index >= 15 is 0 Å². The van der Waals surface area contributed by atoms with Crippen LogP contribution in [0.1, 0.15) is 16.7 Å². The molecular weight excluding hydrogens is 438 g/mol. The molecule has 0 heterocycles. The molecule has 26 heavy (non-hydrogen) atoms. The molecule has 0 fully saturated rings. The van der Waals surface area contributed by atoms with Gasteiger partial charge >= 0.3 is 37.9 Å². The first-order valence-electron chi connectivity index (χ1n) is 8.27. The van der Waals surface area contributed by atoms with Crippen molar-refractivity contribution in [2.75, 3.05) is 0 Å². The number of hydrogen-bond acceptors (Lipinski definition) is 0. The zero-order chi connectivity index (χ0) is 18.2. The summed E-state index contributed by atoms with van der Waals surface area (Å²) in [7, 11) is 9.87. The van der Waals surface area contributed by atoms with Gasteiger partial charge in [-0.05, 0) is 33.4 Å². The third-order valence-electron chi connectivity index (χ3n) is 4.19. The van der Waals surface area contributed by atoms with Gasteiger partial charge in [0.25, 0.3) is 0 Å². The normalized spacial score (nSPS) is 12.9. The van der Waals surface area contributed by atoms with Crippen LogP contribution >= 0.6 is 17.0 Å². The summed E-state index contributed by atoms with van der Waals surface area (Å²) >= 11 is -0.826. The van der Waals surface area contributed by atoms with Gasteiger partial charge in [-0.2, -0.15) is 0 Å². The SMILES string of the molecule is [CH]1C=C(c2ccccc2)C(c2ccccc2)=C1c1ccccc1.[Cl][Zr][Cl]. The van der Waals surface area contributed by atoms with Gasteiger partial charge in [-0.25, -0.2) is 0 Å². The van der Waals surface area contributed by atoms with Crippen LogP contribution < -0.4 is 0 Å². The van der Waals surface area contributed by atoms with Crippen LogP contribution in [0.2, 0.25) is 0 Å². The van der Waals surface area contributed by atoms with Gasteiger partial charge in [0.2, 0.25) is 0 Å². The Morgan fingerprint density at radius 2 is 0.962 bits per heavy atom. The summed E-state index contributed by atoms with van der Waals surface area (Å²) < 4.78 is 0. The molecule has 1 radical (unpaired) electrons. The molecule has 3 heteroatoms. The van der Waals surface area contributed by atoms with Crippen molar-refractivity contribution in [1.82, 2.24) is 0 Å². The van der Waals surface area contributed by atoms with Crippen LogP contribution in [0, 0.1) is 6.42 Å². The van der Waals surface area contributed by atoms with Crippen molar-refractivity contribution >= 4 is 33.7 Å². The monoisotopic (exact) mass is 453 g/mol. The Hall–Kier alpha value is -1.40. The molecule has 1 aliphatic carbocycles. The number of allylic oxidation sites excluding steroid dienone is 4. The summed E-state index contributed by atoms with van der Waals surface area (Å²) in [6, 6.07) is 31.9. The van der Waals surface area contributed by atoms with Crippen molar-refractivity contribution in [3.63, 3.8) is 0 Å². The molecule has 0 aliphatic heterocycles. The maximum atomic E-state index is 4.93. The Balaban J connectivity index is 0.000000613. The molecule has 0 saturated carbocycles. The fourth-order valence-corrected chi connectivity index (χ4v) is 3.11. The standard InChI is InChI=1S/C23H17.2ClH.Zr/c1-4-10-18(11-5-1)21-16-17-22(19-12-6-2-7-13-19)23(21)20-14-8-3-9-15-20;;;/h1-17H;2*1H;/q;;;+2/p-2. The van der Waals surface area contributed by atoms with E-state index in [0.29, 0.717) is 0 Å². The van der Waals surface area contributed by atoms with Gasteiger partial charge in [-0.3, -0.25) is 0 Å². The second-order valence-electron chi connectivity index (χ2n) is 5.71. The van der Waals surface area contributed by atoms with E-state index in [0.717, 1.165) is 0 Å². The van der Waals surface area contributed by atoms with Crippen molar-refractivity contribution in [2.45, 2.75) is 0 Å². The van der Waals surface area contributed by atoms with E-state index in [1.165, 1.54) is 33.4 Å². The quantitative estimate of drug-likeness (QED) is 0.389. The molecule has 1 aliphatic rings. The van der Waals surface area contributed by atoms with E-state index in [1.807, 2.05) is 0 Å². The third kappa shape index (κ3) is 4.66. The fraction of sp³-hybridized carbons (Fsp3) is 0. The summed E-state index contributed by atoms with van der Waals surface area (Å²) in [5.74, 6) is 0. The van der Waals surface area contributed by atoms with Crippen molar-refractivity contribution in [1.29, 1.82) is 0 Å². The predicted molar refractivity (Wildman–Crippen MR) is 110 cm³/mol. The summed E-state index contributed by atoms with van der Waals surface area (Å²) in [6.45, 7) is 0. The number of halogens is 2. The Morgan fingerprint density at radius 1 is 0.538 bits per heavy atom. The zero-order valence-corrected chi connectivity index (χ0v) is 18.0. The van der Waals surface area contributed by atoms with E-state index in [4.69, 9.17) is 17.0 Å². The summed E-state index contributed by atoms with van der Waals surface area (Å²) in [6.07, 6.45) is 4.47. The zero-order valence-electron chi connectivity index (χ0n) is 14.1. The van der Waals surface area contributed by atoms with Crippen molar-refractivity contribution in [2.24, 2.45) is 0 Å². The fourth-order valence-electron chi connectivity index (χ4n) is 3.11. The Morgan fingerprint density at radius 3 is 1.46 bits per heavy atom. The second kappa shape index (κ2) is 10.1. The molecule has 4 rings (SSSR count). The summed E-state index contributed by atoms with van der Waals surface area (Å²) in [5, 5.41) is 0. The van der Waals surface area contributed by atoms with Gasteiger partial charge in [-0.15, -0.1) is 0 Å². The molecular formula is C23H17Cl2Zr. The van der Waals surface area contributed by atoms with Crippen LogP contribution in [0.15, 0.2) is 97.1 Å². The molecule has 0 spiro atoms. The van der Waals surface area contributed by atoms with Gasteiger partial charge in [0.05, 0.1) is 0 Å². The average Bonchev–Trinajstić information content (AvgIpc) is 3.16. The van der Waals surface area contributed by atoms with E-state index in [9.17, 15) is 0 Å². The van der Waals surface area contributed by atoms with E-state index in [2.05, 4.69) is 103 Å². The van der Waals surface area contributed by atoms with Crippen molar-refractivity contribution < 1.29 is 20.8 Å². The molecule has 0 N–H and O–H groups in total. The molecule has 0 bridgehead atoms. The van der Waals surface area contributed by atoms with Gasteiger partial charge < -0.3 is 0 Å². The summed E-state index contributed by atoms with van der Waals surface area (Å²) in [4.78, 5) is 0. The van der Waals surface area contributed by atoms with E-state index < -0.39 is 20.8 Å². The average molecular weight is 456 g/mol. The molecule has 0 unspecified atom stereocenters. The molecule has 127 valence electrons. The third-order valence-corrected chi connectivity index (χ3v) is 4.19. The minimum absolute atomic E-state index is 0.826. The number of hydrogen-bond donors (Lipinski definition) is 0. The first-order valence-corrected chi connectivity index (χ1v) is 14.6. The van der Waals surface area contributed by atoms with Crippen LogP contribution in [0.5, 0.6) is 0 Å². The van der Waals surface area contributed by atoms with Crippen LogP contribution in [0.3, 0.4) is 0 Å². The maximum absolute atomic E-state index is 4.93. The van der Waals surface area contributed by atoms with Crippen LogP contribution in [-0.2, 0) is 20.8 Å². The van der Waals surface area contributed by atoms with Gasteiger partial charge in [-0.1, -0.05) is 97.1 Å². The Labute approximate surface area is 173 Å². The van der Waals surface area contributed by atoms with Gasteiger partial charge in [0, 0.05) is 6.42 Å². The van der Waals surface area contributed by atoms with Gasteiger partial charge in [0.1, 0.15) is 0 Å². The van der Waals surface area contributed by atoms with E-state index in [-0.39, 0.29) is 0 Å². The van der Waals surface area contributed by atoms with Crippen molar-refractivity contribution in [3.05, 3.63) is 120 Å². The van der Waals surface area contributed by atoms with Gasteiger partial charge in [0.15, 0.2) is 0 Å². The molecule has 3 aromatic carbocycles. The second-order valence-corrected chi connectivity index (χ2v) is 9.44. The molecule has 0 saturated heterocycles. The Kier molecular flexibility index (Phi) is 7.50. The summed E-state index contributed by atoms with van der Waals surface area (Å²) in [5.41, 5.74) is 7.66. The molecule has 0 aromatic heterocycles. The van der Waals surface area contributed by atoms with Crippen LogP contribution in [-0.4, -0.2) is 0 Å². The first-order chi connectivity index (χ1) is 12.8. The van der Waals surface area contributed by atoms with Crippen molar-refractivity contribution in [3.8, 4) is 0 Å². The molecule has 0 atom stereocenters. The predicted octanol–water partition coefficient (Wildman–Crippen LogP) is 7.28. The van der Waals surface area contributed by atoms with Crippen LogP contribution in [0.25, 0.3) is 16.7 Å². The first kappa shape index (κ1) is 19.4. The molecule has 0 amide bonds. The number of benzene rings is 3. The minimum atomic E-state index is -0.826. The molecule has 3 aromatic rings. The van der Waals surface area contributed by atoms with Crippen LogP contribution in [0.4, 0.5) is 0 Å². The number of rotatable bonds is 3. The molecule has 0 nitrogen and oxygen atoms in total. The topological polar surface area (TPSA) is 0 Å².